The van der Waals surface area contributed by atoms with E-state index in [0.717, 1.165) is 36.1 Å². The van der Waals surface area contributed by atoms with Crippen LogP contribution in [0.15, 0.2) is 24.3 Å². The summed E-state index contributed by atoms with van der Waals surface area (Å²) in [6, 6.07) is 3.43. The van der Waals surface area contributed by atoms with Gasteiger partial charge in [-0.2, -0.15) is 0 Å². The fourth-order valence-corrected chi connectivity index (χ4v) is 5.02. The van der Waals surface area contributed by atoms with Gasteiger partial charge in [0.25, 0.3) is 0 Å². The first kappa shape index (κ1) is 18.9. The number of carbonyl (C=O) groups excluding carboxylic acids is 1. The van der Waals surface area contributed by atoms with E-state index in [2.05, 4.69) is 11.9 Å². The maximum Gasteiger partial charge on any atom is 0.173 e. The molecule has 2 fully saturated rings. The lowest BCUT2D eigenvalue weighted by Gasteiger charge is -2.46. The fourth-order valence-electron chi connectivity index (χ4n) is 4.33. The first-order valence-corrected chi connectivity index (χ1v) is 9.66. The van der Waals surface area contributed by atoms with Crippen LogP contribution in [0.25, 0.3) is 0 Å². The molecule has 2 nitrogen and oxygen atoms in total. The number of hydrogen-bond donors (Lipinski definition) is 1. The van der Waals surface area contributed by atoms with Crippen LogP contribution in [0.4, 0.5) is 4.39 Å². The first-order chi connectivity index (χ1) is 11.8. The van der Waals surface area contributed by atoms with Gasteiger partial charge in [-0.1, -0.05) is 35.4 Å². The maximum atomic E-state index is 15.8. The number of Topliss-reactive ketones (excluding diaryl/α,β-unsaturated/α-hetero) is 1. The van der Waals surface area contributed by atoms with Gasteiger partial charge >= 0.3 is 0 Å². The Morgan fingerprint density at radius 3 is 2.92 bits per heavy atom. The molecule has 0 amide bonds. The van der Waals surface area contributed by atoms with E-state index in [4.69, 9.17) is 23.2 Å². The lowest BCUT2D eigenvalue weighted by atomic mass is 9.66. The van der Waals surface area contributed by atoms with Crippen molar-refractivity contribution in [2.75, 3.05) is 6.54 Å². The van der Waals surface area contributed by atoms with Gasteiger partial charge in [0.1, 0.15) is 0 Å². The van der Waals surface area contributed by atoms with Crippen LogP contribution in [0.5, 0.6) is 0 Å². The summed E-state index contributed by atoms with van der Waals surface area (Å²) >= 11 is 12.2. The fraction of sp³-hybridized carbons (Fsp3) is 0.550. The summed E-state index contributed by atoms with van der Waals surface area (Å²) in [5.74, 6) is -0.596. The highest BCUT2D eigenvalue weighted by atomic mass is 35.5. The molecule has 1 saturated carbocycles. The number of hydrogen-bond acceptors (Lipinski definition) is 2. The monoisotopic (exact) mass is 383 g/mol. The quantitative estimate of drug-likeness (QED) is 0.721. The lowest BCUT2D eigenvalue weighted by Crippen LogP contribution is -2.57. The van der Waals surface area contributed by atoms with Crippen LogP contribution in [0.1, 0.15) is 43.2 Å². The topological polar surface area (TPSA) is 29.1 Å². The first-order valence-electron chi connectivity index (χ1n) is 8.90. The SMILES string of the molecule is C=C1CCC(F)(C(=O)CCc2c(C)cc(Cl)cc2Cl)C2CCCNC12. The summed E-state index contributed by atoms with van der Waals surface area (Å²) in [4.78, 5) is 12.8. The average molecular weight is 384 g/mol. The normalized spacial score (nSPS) is 29.4. The highest BCUT2D eigenvalue weighted by Crippen LogP contribution is 2.44. The van der Waals surface area contributed by atoms with Crippen molar-refractivity contribution in [2.45, 2.75) is 57.2 Å². The molecule has 0 radical (unpaired) electrons. The minimum atomic E-state index is -1.76. The Morgan fingerprint density at radius 1 is 1.44 bits per heavy atom. The van der Waals surface area contributed by atoms with Crippen LogP contribution in [0.2, 0.25) is 10.0 Å². The Kier molecular flexibility index (Phi) is 5.57. The number of carbonyl (C=O) groups is 1. The van der Waals surface area contributed by atoms with Crippen molar-refractivity contribution >= 4 is 29.0 Å². The molecule has 1 saturated heterocycles. The molecule has 3 unspecified atom stereocenters. The van der Waals surface area contributed by atoms with Crippen molar-refractivity contribution in [3.8, 4) is 0 Å². The summed E-state index contributed by atoms with van der Waals surface area (Å²) < 4.78 is 15.8. The van der Waals surface area contributed by atoms with Gasteiger partial charge in [0.2, 0.25) is 0 Å². The summed E-state index contributed by atoms with van der Waals surface area (Å²) in [5.41, 5.74) is 1.09. The predicted molar refractivity (Wildman–Crippen MR) is 101 cm³/mol. The summed E-state index contributed by atoms with van der Waals surface area (Å²) in [5, 5.41) is 4.46. The van der Waals surface area contributed by atoms with Gasteiger partial charge in [0.15, 0.2) is 11.5 Å². The molecule has 1 aliphatic heterocycles. The van der Waals surface area contributed by atoms with Gasteiger partial charge in [0.05, 0.1) is 0 Å². The van der Waals surface area contributed by atoms with E-state index in [0.29, 0.717) is 22.9 Å². The second kappa shape index (κ2) is 7.38. The second-order valence-electron chi connectivity index (χ2n) is 7.31. The zero-order chi connectivity index (χ0) is 18.2. The molecule has 3 rings (SSSR count). The van der Waals surface area contributed by atoms with Crippen molar-refractivity contribution in [1.82, 2.24) is 5.32 Å². The van der Waals surface area contributed by atoms with Gasteiger partial charge in [-0.05, 0) is 68.8 Å². The van der Waals surface area contributed by atoms with Crippen molar-refractivity contribution in [1.29, 1.82) is 0 Å². The number of ketones is 1. The lowest BCUT2D eigenvalue weighted by molar-refractivity contribution is -0.137. The van der Waals surface area contributed by atoms with Crippen molar-refractivity contribution in [3.63, 3.8) is 0 Å². The maximum absolute atomic E-state index is 15.8. The van der Waals surface area contributed by atoms with Gasteiger partial charge in [0, 0.05) is 28.4 Å². The average Bonchev–Trinajstić information content (AvgIpc) is 2.57. The largest absolute Gasteiger partial charge is 0.310 e. The second-order valence-corrected chi connectivity index (χ2v) is 8.15. The summed E-state index contributed by atoms with van der Waals surface area (Å²) in [7, 11) is 0. The molecular formula is C20H24Cl2FNO. The Balaban J connectivity index is 1.75. The number of rotatable bonds is 4. The van der Waals surface area contributed by atoms with Gasteiger partial charge in [-0.25, -0.2) is 4.39 Å². The van der Waals surface area contributed by atoms with Crippen LogP contribution >= 0.6 is 23.2 Å². The van der Waals surface area contributed by atoms with Crippen LogP contribution in [-0.2, 0) is 11.2 Å². The Bertz CT molecular complexity index is 682. The number of alkyl halides is 1. The van der Waals surface area contributed by atoms with E-state index in [-0.39, 0.29) is 30.6 Å². The number of halogens is 3. The number of fused-ring (bicyclic) bond motifs is 1. The Hall–Kier alpha value is -0.900. The van der Waals surface area contributed by atoms with E-state index < -0.39 is 5.67 Å². The van der Waals surface area contributed by atoms with Crippen LogP contribution in [-0.4, -0.2) is 24.0 Å². The van der Waals surface area contributed by atoms with Crippen molar-refractivity contribution < 1.29 is 9.18 Å². The highest BCUT2D eigenvalue weighted by molar-refractivity contribution is 6.35. The molecule has 0 bridgehead atoms. The molecule has 1 aromatic rings. The molecule has 3 atom stereocenters. The minimum Gasteiger partial charge on any atom is -0.310 e. The Labute approximate surface area is 158 Å². The molecule has 0 aromatic heterocycles. The van der Waals surface area contributed by atoms with Gasteiger partial charge in [-0.3, -0.25) is 4.79 Å². The number of benzene rings is 1. The molecular weight excluding hydrogens is 360 g/mol. The zero-order valence-electron chi connectivity index (χ0n) is 14.5. The highest BCUT2D eigenvalue weighted by Gasteiger charge is 2.52. The van der Waals surface area contributed by atoms with Crippen LogP contribution in [0, 0.1) is 12.8 Å². The summed E-state index contributed by atoms with van der Waals surface area (Å²) in [6.07, 6.45) is 3.06. The molecule has 25 heavy (non-hydrogen) atoms. The molecule has 2 aliphatic rings. The van der Waals surface area contributed by atoms with Gasteiger partial charge < -0.3 is 5.32 Å². The van der Waals surface area contributed by atoms with E-state index in [1.54, 1.807) is 6.07 Å². The van der Waals surface area contributed by atoms with E-state index in [1.807, 2.05) is 13.0 Å². The van der Waals surface area contributed by atoms with Crippen LogP contribution in [0.3, 0.4) is 0 Å². The molecule has 1 N–H and O–H groups in total. The third-order valence-corrected chi connectivity index (χ3v) is 6.30. The number of aryl methyl sites for hydroxylation is 1. The van der Waals surface area contributed by atoms with E-state index >= 15 is 4.39 Å². The zero-order valence-corrected chi connectivity index (χ0v) is 16.0. The van der Waals surface area contributed by atoms with Gasteiger partial charge in [-0.15, -0.1) is 0 Å². The third kappa shape index (κ3) is 3.65. The summed E-state index contributed by atoms with van der Waals surface area (Å²) in [6.45, 7) is 6.85. The standard InChI is InChI=1S/C20H24Cl2FNO/c1-12-7-8-20(23,16-4-3-9-24-19(12)16)18(25)6-5-15-13(2)10-14(21)11-17(15)22/h10-11,16,19,24H,1,3-9H2,2H3. The molecule has 5 heteroatoms. The van der Waals surface area contributed by atoms with E-state index in [1.165, 1.54) is 0 Å². The smallest absolute Gasteiger partial charge is 0.173 e. The molecule has 1 aromatic carbocycles. The Morgan fingerprint density at radius 2 is 2.20 bits per heavy atom. The van der Waals surface area contributed by atoms with Crippen molar-refractivity contribution in [2.24, 2.45) is 5.92 Å². The molecule has 136 valence electrons. The number of nitrogens with one attached hydrogen (secondary N) is 1. The van der Waals surface area contributed by atoms with E-state index in [9.17, 15) is 4.79 Å². The molecule has 1 aliphatic carbocycles. The van der Waals surface area contributed by atoms with Crippen molar-refractivity contribution in [3.05, 3.63) is 45.5 Å². The molecule has 0 spiro atoms. The molecule has 1 heterocycles. The van der Waals surface area contributed by atoms with Crippen LogP contribution < -0.4 is 5.32 Å². The predicted octanol–water partition coefficient (Wildman–Crippen LogP) is 5.23. The minimum absolute atomic E-state index is 0.0719. The third-order valence-electron chi connectivity index (χ3n) is 5.74. The number of piperidine rings is 1.